The minimum absolute atomic E-state index is 0.211. The van der Waals surface area contributed by atoms with Crippen LogP contribution in [0.4, 0.5) is 5.82 Å². The lowest BCUT2D eigenvalue weighted by Gasteiger charge is -1.97. The molecule has 0 aromatic carbocycles. The molecule has 0 spiro atoms. The van der Waals surface area contributed by atoms with Crippen molar-refractivity contribution in [2.75, 3.05) is 5.32 Å². The van der Waals surface area contributed by atoms with Crippen molar-refractivity contribution in [1.82, 2.24) is 10.3 Å². The first-order chi connectivity index (χ1) is 7.66. The van der Waals surface area contributed by atoms with Gasteiger partial charge in [0.1, 0.15) is 7.05 Å². The van der Waals surface area contributed by atoms with Crippen molar-refractivity contribution in [2.24, 2.45) is 7.05 Å². The van der Waals surface area contributed by atoms with Crippen LogP contribution >= 0.6 is 0 Å². The zero-order valence-corrected chi connectivity index (χ0v) is 8.97. The Morgan fingerprint density at radius 1 is 1.50 bits per heavy atom. The molecule has 0 aliphatic rings. The Morgan fingerprint density at radius 3 is 3.00 bits per heavy atom. The maximum absolute atomic E-state index is 10.9. The standard InChI is InChI=1S/C10H10N4O2/c1-7(15)11-10-9(12-16-13-10)8-4-3-5-14(2)6-8/h3-6H,1-2H3/p+1. The molecule has 0 unspecified atom stereocenters. The molecule has 0 radical (unpaired) electrons. The largest absolute Gasteiger partial charge is 0.306 e. The number of carbonyl (C=O) groups is 1. The topological polar surface area (TPSA) is 71.9 Å². The van der Waals surface area contributed by atoms with Gasteiger partial charge in [-0.15, -0.1) is 0 Å². The van der Waals surface area contributed by atoms with E-state index < -0.39 is 0 Å². The lowest BCUT2D eigenvalue weighted by Crippen LogP contribution is -2.26. The summed E-state index contributed by atoms with van der Waals surface area (Å²) in [5, 5.41) is 9.96. The van der Waals surface area contributed by atoms with Crippen molar-refractivity contribution in [2.45, 2.75) is 6.92 Å². The van der Waals surface area contributed by atoms with Crippen LogP contribution < -0.4 is 9.88 Å². The van der Waals surface area contributed by atoms with Gasteiger partial charge in [0, 0.05) is 13.0 Å². The molecule has 0 aliphatic carbocycles. The van der Waals surface area contributed by atoms with Crippen LogP contribution in [0.25, 0.3) is 11.3 Å². The number of carbonyl (C=O) groups excluding carboxylic acids is 1. The van der Waals surface area contributed by atoms with E-state index in [1.54, 1.807) is 0 Å². The molecule has 1 amide bonds. The van der Waals surface area contributed by atoms with E-state index in [2.05, 4.69) is 20.3 Å². The summed E-state index contributed by atoms with van der Waals surface area (Å²) in [4.78, 5) is 10.9. The summed E-state index contributed by atoms with van der Waals surface area (Å²) in [5.41, 5.74) is 1.35. The molecule has 0 fully saturated rings. The van der Waals surface area contributed by atoms with Crippen LogP contribution in [0.15, 0.2) is 29.2 Å². The third-order valence-corrected chi connectivity index (χ3v) is 2.00. The van der Waals surface area contributed by atoms with Gasteiger partial charge in [-0.1, -0.05) is 0 Å². The maximum Gasteiger partial charge on any atom is 0.222 e. The Labute approximate surface area is 91.9 Å². The Hall–Kier alpha value is -2.24. The number of aromatic nitrogens is 3. The molecule has 2 aromatic heterocycles. The van der Waals surface area contributed by atoms with Crippen molar-refractivity contribution < 1.29 is 14.0 Å². The monoisotopic (exact) mass is 219 g/mol. The SMILES string of the molecule is CC(=O)Nc1nonc1-c1ccc[n+](C)c1. The van der Waals surface area contributed by atoms with E-state index in [0.29, 0.717) is 11.5 Å². The first-order valence-electron chi connectivity index (χ1n) is 4.72. The molecular formula is C10H11N4O2+. The highest BCUT2D eigenvalue weighted by atomic mass is 16.6. The van der Waals surface area contributed by atoms with Gasteiger partial charge in [-0.05, 0) is 16.4 Å². The highest BCUT2D eigenvalue weighted by molar-refractivity contribution is 5.91. The highest BCUT2D eigenvalue weighted by Gasteiger charge is 2.15. The van der Waals surface area contributed by atoms with Crippen LogP contribution in [0, 0.1) is 0 Å². The summed E-state index contributed by atoms with van der Waals surface area (Å²) < 4.78 is 6.49. The summed E-state index contributed by atoms with van der Waals surface area (Å²) in [6.45, 7) is 1.41. The molecule has 0 bridgehead atoms. The minimum atomic E-state index is -0.211. The van der Waals surface area contributed by atoms with Crippen LogP contribution in [0.2, 0.25) is 0 Å². The van der Waals surface area contributed by atoms with Gasteiger partial charge in [0.05, 0.1) is 5.56 Å². The van der Waals surface area contributed by atoms with E-state index in [9.17, 15) is 4.79 Å². The Balaban J connectivity index is 2.40. The Kier molecular flexibility index (Phi) is 2.63. The first-order valence-corrected chi connectivity index (χ1v) is 4.72. The fourth-order valence-electron chi connectivity index (χ4n) is 1.35. The van der Waals surface area contributed by atoms with Gasteiger partial charge in [-0.2, -0.15) is 0 Å². The summed E-state index contributed by atoms with van der Waals surface area (Å²) in [6, 6.07) is 3.74. The second kappa shape index (κ2) is 4.09. The smallest absolute Gasteiger partial charge is 0.222 e. The van der Waals surface area contributed by atoms with Crippen LogP contribution in [0.5, 0.6) is 0 Å². The molecule has 2 heterocycles. The predicted octanol–water partition coefficient (Wildman–Crippen LogP) is 0.519. The first kappa shape index (κ1) is 10.3. The number of aryl methyl sites for hydroxylation is 1. The Bertz CT molecular complexity index is 521. The number of hydrogen-bond donors (Lipinski definition) is 1. The number of rotatable bonds is 2. The van der Waals surface area contributed by atoms with Gasteiger partial charge < -0.3 is 5.32 Å². The lowest BCUT2D eigenvalue weighted by molar-refractivity contribution is -0.671. The zero-order chi connectivity index (χ0) is 11.5. The molecule has 6 nitrogen and oxygen atoms in total. The van der Waals surface area contributed by atoms with Crippen LogP contribution in [0.1, 0.15) is 6.92 Å². The van der Waals surface area contributed by atoms with Gasteiger partial charge in [-0.25, -0.2) is 9.20 Å². The summed E-state index contributed by atoms with van der Waals surface area (Å²) in [5.74, 6) is 0.121. The lowest BCUT2D eigenvalue weighted by atomic mass is 10.2. The number of hydrogen-bond acceptors (Lipinski definition) is 4. The molecule has 1 N–H and O–H groups in total. The highest BCUT2D eigenvalue weighted by Crippen LogP contribution is 2.22. The van der Waals surface area contributed by atoms with Gasteiger partial charge in [0.25, 0.3) is 0 Å². The normalized spacial score (nSPS) is 10.1. The van der Waals surface area contributed by atoms with Gasteiger partial charge in [-0.3, -0.25) is 4.79 Å². The third kappa shape index (κ3) is 2.05. The molecule has 0 atom stereocenters. The molecule has 2 aromatic rings. The fraction of sp³-hybridized carbons (Fsp3) is 0.200. The molecule has 16 heavy (non-hydrogen) atoms. The molecule has 0 saturated heterocycles. The van der Waals surface area contributed by atoms with E-state index >= 15 is 0 Å². The molecule has 6 heteroatoms. The zero-order valence-electron chi connectivity index (χ0n) is 8.97. The second-order valence-electron chi connectivity index (χ2n) is 3.40. The maximum atomic E-state index is 10.9. The molecular weight excluding hydrogens is 208 g/mol. The van der Waals surface area contributed by atoms with Crippen molar-refractivity contribution in [1.29, 1.82) is 0 Å². The number of nitrogens with one attached hydrogen (secondary N) is 1. The van der Waals surface area contributed by atoms with Crippen molar-refractivity contribution in [3.05, 3.63) is 24.5 Å². The van der Waals surface area contributed by atoms with Gasteiger partial charge in [0.15, 0.2) is 18.1 Å². The van der Waals surface area contributed by atoms with Crippen molar-refractivity contribution >= 4 is 11.7 Å². The molecule has 0 aliphatic heterocycles. The van der Waals surface area contributed by atoms with E-state index in [4.69, 9.17) is 0 Å². The Morgan fingerprint density at radius 2 is 2.31 bits per heavy atom. The summed E-state index contributed by atoms with van der Waals surface area (Å²) in [6.07, 6.45) is 3.76. The number of anilines is 1. The minimum Gasteiger partial charge on any atom is -0.306 e. The quantitative estimate of drug-likeness (QED) is 0.747. The van der Waals surface area contributed by atoms with E-state index in [1.165, 1.54) is 6.92 Å². The van der Waals surface area contributed by atoms with E-state index in [-0.39, 0.29) is 5.91 Å². The average molecular weight is 219 g/mol. The van der Waals surface area contributed by atoms with Gasteiger partial charge >= 0.3 is 0 Å². The predicted molar refractivity (Wildman–Crippen MR) is 55.2 cm³/mol. The van der Waals surface area contributed by atoms with Crippen molar-refractivity contribution in [3.8, 4) is 11.3 Å². The number of amides is 1. The average Bonchev–Trinajstić information content (AvgIpc) is 2.65. The molecule has 2 rings (SSSR count). The molecule has 82 valence electrons. The van der Waals surface area contributed by atoms with E-state index in [1.807, 2.05) is 36.1 Å². The number of nitrogens with zero attached hydrogens (tertiary/aromatic N) is 3. The number of pyridine rings is 1. The van der Waals surface area contributed by atoms with Gasteiger partial charge in [0.2, 0.25) is 11.7 Å². The summed E-state index contributed by atoms with van der Waals surface area (Å²) >= 11 is 0. The third-order valence-electron chi connectivity index (χ3n) is 2.00. The van der Waals surface area contributed by atoms with Crippen LogP contribution in [0.3, 0.4) is 0 Å². The van der Waals surface area contributed by atoms with Crippen LogP contribution in [-0.2, 0) is 11.8 Å². The fourth-order valence-corrected chi connectivity index (χ4v) is 1.35. The van der Waals surface area contributed by atoms with Crippen LogP contribution in [-0.4, -0.2) is 16.2 Å². The second-order valence-corrected chi connectivity index (χ2v) is 3.40. The summed E-state index contributed by atoms with van der Waals surface area (Å²) in [7, 11) is 1.90. The molecule has 0 saturated carbocycles. The van der Waals surface area contributed by atoms with Crippen molar-refractivity contribution in [3.63, 3.8) is 0 Å². The van der Waals surface area contributed by atoms with E-state index in [0.717, 1.165) is 5.56 Å².